The van der Waals surface area contributed by atoms with E-state index in [0.29, 0.717) is 28.2 Å². The number of carbonyl (C=O) groups excluding carboxylic acids is 2. The molecule has 2 N–H and O–H groups in total. The minimum atomic E-state index is -0.284. The molecule has 2 amide bonds. The van der Waals surface area contributed by atoms with Crippen LogP contribution in [-0.4, -0.2) is 41.3 Å². The number of nitrogens with zero attached hydrogens (tertiary/aromatic N) is 2. The van der Waals surface area contributed by atoms with E-state index in [1.807, 2.05) is 67.6 Å². The van der Waals surface area contributed by atoms with Crippen molar-refractivity contribution in [3.8, 4) is 5.75 Å². The zero-order valence-corrected chi connectivity index (χ0v) is 26.0. The first kappa shape index (κ1) is 30.4. The Morgan fingerprint density at radius 3 is 2.26 bits per heavy atom. The average molecular weight is 597 g/mol. The molecule has 2 aliphatic rings. The highest BCUT2D eigenvalue weighted by atomic mass is 32.2. The van der Waals surface area contributed by atoms with Gasteiger partial charge in [-0.05, 0) is 85.8 Å². The highest BCUT2D eigenvalue weighted by Crippen LogP contribution is 2.40. The van der Waals surface area contributed by atoms with Crippen LogP contribution in [0.5, 0.6) is 5.75 Å². The van der Waals surface area contributed by atoms with Crippen LogP contribution < -0.4 is 15.4 Å². The fourth-order valence-corrected chi connectivity index (χ4v) is 6.53. The summed E-state index contributed by atoms with van der Waals surface area (Å²) in [5.74, 6) is 1.41. The van der Waals surface area contributed by atoms with Crippen LogP contribution in [0.3, 0.4) is 0 Å². The van der Waals surface area contributed by atoms with Crippen LogP contribution in [0.2, 0.25) is 0 Å². The maximum absolute atomic E-state index is 13.7. The first-order valence-corrected chi connectivity index (χ1v) is 16.1. The number of benzene rings is 3. The fourth-order valence-electron chi connectivity index (χ4n) is 5.51. The van der Waals surface area contributed by atoms with Gasteiger partial charge in [-0.3, -0.25) is 9.59 Å². The Morgan fingerprint density at radius 2 is 1.58 bits per heavy atom. The van der Waals surface area contributed by atoms with E-state index in [2.05, 4.69) is 34.6 Å². The molecule has 3 aromatic rings. The molecule has 0 aliphatic carbocycles. The van der Waals surface area contributed by atoms with Crippen LogP contribution in [0.4, 0.5) is 11.4 Å². The molecule has 0 aromatic heterocycles. The number of rotatable bonds is 11. The Labute approximate surface area is 258 Å². The SMILES string of the molecule is CCCCCCc1ccc(C(=O)Nc2ccc(C3C(C(=O)Nc4ccc(OC)cc4)=C(C)N=C4SCCCN43)cc2)cc1. The molecular formula is C35H40N4O3S. The molecule has 1 atom stereocenters. The third-order valence-electron chi connectivity index (χ3n) is 7.87. The van der Waals surface area contributed by atoms with Crippen LogP contribution in [0.15, 0.2) is 89.1 Å². The molecule has 1 fully saturated rings. The number of amidine groups is 1. The number of aliphatic imine (C=N–C) groups is 1. The number of allylic oxidation sites excluding steroid dienone is 1. The summed E-state index contributed by atoms with van der Waals surface area (Å²) in [4.78, 5) is 33.7. The minimum Gasteiger partial charge on any atom is -0.497 e. The number of aryl methyl sites for hydroxylation is 1. The molecule has 0 radical (unpaired) electrons. The molecule has 0 saturated carbocycles. The molecule has 3 aromatic carbocycles. The van der Waals surface area contributed by atoms with E-state index >= 15 is 0 Å². The number of thioether (sulfide) groups is 1. The van der Waals surface area contributed by atoms with Gasteiger partial charge in [0.05, 0.1) is 24.4 Å². The standard InChI is InChI=1S/C35H40N4O3S/c1-4-5-6-7-9-25-10-12-27(13-11-25)33(40)37-28-16-14-26(15-17-28)32-31(24(2)36-35-39(32)22-8-23-43-35)34(41)38-29-18-20-30(42-3)21-19-29/h10-21,32H,4-9,22-23H2,1-3H3,(H,37,40)(H,38,41). The lowest BCUT2D eigenvalue weighted by atomic mass is 9.93. The van der Waals surface area contributed by atoms with E-state index in [9.17, 15) is 9.59 Å². The Bertz CT molecular complexity index is 1480. The summed E-state index contributed by atoms with van der Waals surface area (Å²) < 4.78 is 5.25. The molecule has 1 unspecified atom stereocenters. The lowest BCUT2D eigenvalue weighted by Crippen LogP contribution is -2.43. The number of carbonyl (C=O) groups is 2. The van der Waals surface area contributed by atoms with Crippen molar-refractivity contribution in [1.29, 1.82) is 0 Å². The molecule has 0 spiro atoms. The molecule has 8 heteroatoms. The van der Waals surface area contributed by atoms with Crippen LogP contribution in [0.1, 0.15) is 73.5 Å². The van der Waals surface area contributed by atoms with Gasteiger partial charge in [0.1, 0.15) is 5.75 Å². The third-order valence-corrected chi connectivity index (χ3v) is 8.95. The number of anilines is 2. The molecule has 5 rings (SSSR count). The summed E-state index contributed by atoms with van der Waals surface area (Å²) in [5.41, 5.74) is 5.60. The quantitative estimate of drug-likeness (QED) is 0.221. The molecular weight excluding hydrogens is 556 g/mol. The zero-order valence-electron chi connectivity index (χ0n) is 25.2. The van der Waals surface area contributed by atoms with E-state index in [4.69, 9.17) is 9.73 Å². The van der Waals surface area contributed by atoms with Crippen molar-refractivity contribution in [3.05, 3.63) is 101 Å². The highest BCUT2D eigenvalue weighted by Gasteiger charge is 2.37. The molecule has 0 bridgehead atoms. The van der Waals surface area contributed by atoms with Crippen LogP contribution in [-0.2, 0) is 11.2 Å². The molecule has 2 aliphatic heterocycles. The second-order valence-corrected chi connectivity index (χ2v) is 12.0. The summed E-state index contributed by atoms with van der Waals surface area (Å²) in [6.07, 6.45) is 6.96. The van der Waals surface area contributed by atoms with Gasteiger partial charge in [0, 0.05) is 29.2 Å². The van der Waals surface area contributed by atoms with Crippen molar-refractivity contribution in [2.45, 2.75) is 58.4 Å². The predicted octanol–water partition coefficient (Wildman–Crippen LogP) is 7.83. The van der Waals surface area contributed by atoms with E-state index in [-0.39, 0.29) is 17.9 Å². The lowest BCUT2D eigenvalue weighted by molar-refractivity contribution is -0.113. The summed E-state index contributed by atoms with van der Waals surface area (Å²) in [6, 6.07) is 22.7. The molecule has 224 valence electrons. The normalized spacial score (nSPS) is 16.3. The van der Waals surface area contributed by atoms with Crippen molar-refractivity contribution < 1.29 is 14.3 Å². The summed E-state index contributed by atoms with van der Waals surface area (Å²) >= 11 is 1.73. The summed E-state index contributed by atoms with van der Waals surface area (Å²) in [5, 5.41) is 7.02. The molecule has 1 saturated heterocycles. The van der Waals surface area contributed by atoms with Crippen molar-refractivity contribution in [2.24, 2.45) is 4.99 Å². The Kier molecular flexibility index (Phi) is 10.2. The average Bonchev–Trinajstić information content (AvgIpc) is 3.03. The number of fused-ring (bicyclic) bond motifs is 1. The topological polar surface area (TPSA) is 83.0 Å². The van der Waals surface area contributed by atoms with E-state index in [0.717, 1.165) is 41.6 Å². The van der Waals surface area contributed by atoms with Crippen LogP contribution >= 0.6 is 11.8 Å². The van der Waals surface area contributed by atoms with Crippen molar-refractivity contribution in [1.82, 2.24) is 4.90 Å². The number of ether oxygens (including phenoxy) is 1. The summed E-state index contributed by atoms with van der Waals surface area (Å²) in [6.45, 7) is 4.94. The van der Waals surface area contributed by atoms with E-state index in [1.54, 1.807) is 18.9 Å². The molecule has 7 nitrogen and oxygen atoms in total. The zero-order chi connectivity index (χ0) is 30.2. The third kappa shape index (κ3) is 7.49. The first-order valence-electron chi connectivity index (χ1n) is 15.1. The Morgan fingerprint density at radius 1 is 0.907 bits per heavy atom. The Hall–Kier alpha value is -4.04. The van der Waals surface area contributed by atoms with Gasteiger partial charge in [-0.1, -0.05) is 62.2 Å². The molecule has 2 heterocycles. The van der Waals surface area contributed by atoms with E-state index < -0.39 is 0 Å². The smallest absolute Gasteiger partial charge is 0.255 e. The number of hydrogen-bond donors (Lipinski definition) is 2. The van der Waals surface area contributed by atoms with Gasteiger partial charge >= 0.3 is 0 Å². The minimum absolute atomic E-state index is 0.139. The summed E-state index contributed by atoms with van der Waals surface area (Å²) in [7, 11) is 1.62. The first-order chi connectivity index (χ1) is 21.0. The number of methoxy groups -OCH3 is 1. The predicted molar refractivity (Wildman–Crippen MR) is 177 cm³/mol. The van der Waals surface area contributed by atoms with Gasteiger partial charge in [0.25, 0.3) is 11.8 Å². The second kappa shape index (κ2) is 14.4. The van der Waals surface area contributed by atoms with Crippen molar-refractivity contribution in [3.63, 3.8) is 0 Å². The van der Waals surface area contributed by atoms with Crippen molar-refractivity contribution >= 4 is 40.1 Å². The van der Waals surface area contributed by atoms with Crippen LogP contribution in [0, 0.1) is 0 Å². The Balaban J connectivity index is 1.31. The number of hydrogen-bond acceptors (Lipinski definition) is 6. The number of amides is 2. The highest BCUT2D eigenvalue weighted by molar-refractivity contribution is 8.13. The van der Waals surface area contributed by atoms with E-state index in [1.165, 1.54) is 31.2 Å². The van der Waals surface area contributed by atoms with Gasteiger partial charge in [-0.15, -0.1) is 0 Å². The monoisotopic (exact) mass is 596 g/mol. The van der Waals surface area contributed by atoms with Gasteiger partial charge in [-0.25, -0.2) is 4.99 Å². The lowest BCUT2D eigenvalue weighted by Gasteiger charge is -2.41. The van der Waals surface area contributed by atoms with Gasteiger partial charge in [0.2, 0.25) is 0 Å². The number of unbranched alkanes of at least 4 members (excludes halogenated alkanes) is 3. The second-order valence-electron chi connectivity index (χ2n) is 11.0. The molecule has 43 heavy (non-hydrogen) atoms. The number of nitrogens with one attached hydrogen (secondary N) is 2. The largest absolute Gasteiger partial charge is 0.497 e. The van der Waals surface area contributed by atoms with Gasteiger partial charge < -0.3 is 20.3 Å². The van der Waals surface area contributed by atoms with Crippen LogP contribution in [0.25, 0.3) is 0 Å². The fraction of sp³-hybridized carbons (Fsp3) is 0.343. The van der Waals surface area contributed by atoms with Crippen molar-refractivity contribution in [2.75, 3.05) is 30.0 Å². The maximum Gasteiger partial charge on any atom is 0.255 e. The van der Waals surface area contributed by atoms with Gasteiger partial charge in [0.15, 0.2) is 5.17 Å². The van der Waals surface area contributed by atoms with Gasteiger partial charge in [-0.2, -0.15) is 0 Å². The maximum atomic E-state index is 13.7.